The second kappa shape index (κ2) is 6.10. The molecule has 0 N–H and O–H groups in total. The Bertz CT molecular complexity index is 407. The van der Waals surface area contributed by atoms with Crippen molar-refractivity contribution in [2.24, 2.45) is 35.0 Å². The molecule has 0 saturated heterocycles. The molecule has 0 radical (unpaired) electrons. The van der Waals surface area contributed by atoms with Crippen molar-refractivity contribution in [2.45, 2.75) is 60.3 Å². The Kier molecular flexibility index (Phi) is 4.79. The highest BCUT2D eigenvalue weighted by molar-refractivity contribution is 5.82. The lowest BCUT2D eigenvalue weighted by molar-refractivity contribution is -0.155. The third-order valence-corrected chi connectivity index (χ3v) is 5.51. The Morgan fingerprint density at radius 1 is 1.29 bits per heavy atom. The molecular weight excluding hydrogens is 264 g/mol. The van der Waals surface area contributed by atoms with Gasteiger partial charge in [-0.2, -0.15) is 0 Å². The normalized spacial score (nSPS) is 34.4. The average molecular weight is 294 g/mol. The van der Waals surface area contributed by atoms with Crippen molar-refractivity contribution in [3.05, 3.63) is 0 Å². The van der Waals surface area contributed by atoms with Crippen molar-refractivity contribution in [3.63, 3.8) is 0 Å². The Labute approximate surface area is 128 Å². The third-order valence-electron chi connectivity index (χ3n) is 5.51. The van der Waals surface area contributed by atoms with Crippen LogP contribution < -0.4 is 0 Å². The smallest absolute Gasteiger partial charge is 0.311 e. The number of ketones is 1. The summed E-state index contributed by atoms with van der Waals surface area (Å²) in [5.41, 5.74) is -0.438. The fraction of sp³-hybridized carbons (Fsp3) is 0.889. The number of rotatable bonds is 3. The Balaban J connectivity index is 1.95. The predicted molar refractivity (Wildman–Crippen MR) is 82.7 cm³/mol. The van der Waals surface area contributed by atoms with Crippen molar-refractivity contribution in [1.29, 1.82) is 0 Å². The van der Waals surface area contributed by atoms with Gasteiger partial charge in [0, 0.05) is 12.3 Å². The second-order valence-electron chi connectivity index (χ2n) is 8.23. The van der Waals surface area contributed by atoms with Gasteiger partial charge in [0.25, 0.3) is 0 Å². The summed E-state index contributed by atoms with van der Waals surface area (Å²) in [7, 11) is 0. The summed E-state index contributed by atoms with van der Waals surface area (Å²) in [5, 5.41) is 0. The molecule has 2 saturated carbocycles. The van der Waals surface area contributed by atoms with Crippen LogP contribution in [0, 0.1) is 35.0 Å². The van der Waals surface area contributed by atoms with Crippen LogP contribution in [-0.2, 0) is 14.3 Å². The Morgan fingerprint density at radius 2 is 1.95 bits per heavy atom. The van der Waals surface area contributed by atoms with Gasteiger partial charge in [0.2, 0.25) is 0 Å². The van der Waals surface area contributed by atoms with Crippen molar-refractivity contribution < 1.29 is 14.3 Å². The molecule has 0 aliphatic heterocycles. The summed E-state index contributed by atoms with van der Waals surface area (Å²) >= 11 is 0. The van der Waals surface area contributed by atoms with Crippen LogP contribution in [0.25, 0.3) is 0 Å². The lowest BCUT2D eigenvalue weighted by atomic mass is 9.68. The first kappa shape index (κ1) is 16.5. The Hall–Kier alpha value is -0.860. The number of fused-ring (bicyclic) bond motifs is 1. The average Bonchev–Trinajstić information content (AvgIpc) is 2.84. The van der Waals surface area contributed by atoms with Gasteiger partial charge in [-0.25, -0.2) is 0 Å². The zero-order valence-electron chi connectivity index (χ0n) is 14.1. The molecule has 0 bridgehead atoms. The van der Waals surface area contributed by atoms with Gasteiger partial charge in [0.1, 0.15) is 5.78 Å². The fourth-order valence-electron chi connectivity index (χ4n) is 4.21. The summed E-state index contributed by atoms with van der Waals surface area (Å²) in [6.45, 7) is 10.6. The molecular formula is C18H30O3. The molecule has 0 spiro atoms. The summed E-state index contributed by atoms with van der Waals surface area (Å²) in [6, 6.07) is 0. The van der Waals surface area contributed by atoms with Crippen LogP contribution in [0.15, 0.2) is 0 Å². The van der Waals surface area contributed by atoms with E-state index in [-0.39, 0.29) is 11.9 Å². The summed E-state index contributed by atoms with van der Waals surface area (Å²) in [4.78, 5) is 24.0. The number of hydrogen-bond donors (Lipinski definition) is 0. The highest BCUT2D eigenvalue weighted by Gasteiger charge is 2.47. The van der Waals surface area contributed by atoms with Crippen LogP contribution in [0.1, 0.15) is 60.3 Å². The van der Waals surface area contributed by atoms with E-state index in [1.807, 2.05) is 20.8 Å². The van der Waals surface area contributed by atoms with E-state index in [9.17, 15) is 9.59 Å². The molecule has 21 heavy (non-hydrogen) atoms. The quantitative estimate of drug-likeness (QED) is 0.742. The van der Waals surface area contributed by atoms with Gasteiger partial charge in [-0.15, -0.1) is 0 Å². The minimum Gasteiger partial charge on any atom is -0.465 e. The standard InChI is InChI=1S/C18H30O3/c1-11-6-9-15(19)14-8-7-13(16(11)14)12(2)10-21-17(20)18(3,4)5/h11-14,16H,6-10H2,1-5H3/t11-,12+,13-,14-,16+/m0/s1. The summed E-state index contributed by atoms with van der Waals surface area (Å²) < 4.78 is 5.50. The first-order valence-corrected chi connectivity index (χ1v) is 8.41. The van der Waals surface area contributed by atoms with Crippen molar-refractivity contribution >= 4 is 11.8 Å². The molecule has 0 unspecified atom stereocenters. The molecule has 0 aromatic carbocycles. The van der Waals surface area contributed by atoms with Gasteiger partial charge in [0.05, 0.1) is 12.0 Å². The zero-order valence-corrected chi connectivity index (χ0v) is 14.1. The molecule has 0 aromatic heterocycles. The van der Waals surface area contributed by atoms with E-state index in [4.69, 9.17) is 4.74 Å². The van der Waals surface area contributed by atoms with Gasteiger partial charge < -0.3 is 4.74 Å². The maximum atomic E-state index is 12.1. The van der Waals surface area contributed by atoms with Crippen LogP contribution >= 0.6 is 0 Å². The Morgan fingerprint density at radius 3 is 2.57 bits per heavy atom. The summed E-state index contributed by atoms with van der Waals surface area (Å²) in [5.74, 6) is 2.63. The number of carbonyl (C=O) groups is 2. The molecule has 3 heteroatoms. The van der Waals surface area contributed by atoms with Crippen LogP contribution in [-0.4, -0.2) is 18.4 Å². The van der Waals surface area contributed by atoms with E-state index >= 15 is 0 Å². The maximum Gasteiger partial charge on any atom is 0.311 e. The highest BCUT2D eigenvalue weighted by atomic mass is 16.5. The molecule has 0 amide bonds. The van der Waals surface area contributed by atoms with Gasteiger partial charge in [-0.1, -0.05) is 13.8 Å². The molecule has 5 atom stereocenters. The minimum atomic E-state index is -0.438. The van der Waals surface area contributed by atoms with Crippen molar-refractivity contribution in [3.8, 4) is 0 Å². The maximum absolute atomic E-state index is 12.1. The van der Waals surface area contributed by atoms with E-state index in [0.717, 1.165) is 25.7 Å². The molecule has 2 aliphatic rings. The topological polar surface area (TPSA) is 43.4 Å². The van der Waals surface area contributed by atoms with Crippen LogP contribution in [0.5, 0.6) is 0 Å². The SMILES string of the molecule is C[C@H](COC(=O)C(C)(C)C)[C@@H]1CC[C@H]2C(=O)CC[C@H](C)[C@H]12. The molecule has 3 nitrogen and oxygen atoms in total. The van der Waals surface area contributed by atoms with Gasteiger partial charge in [-0.3, -0.25) is 9.59 Å². The largest absolute Gasteiger partial charge is 0.465 e. The van der Waals surface area contributed by atoms with E-state index in [1.165, 1.54) is 0 Å². The molecule has 2 fully saturated rings. The number of esters is 1. The second-order valence-corrected chi connectivity index (χ2v) is 8.23. The molecule has 0 heterocycles. The number of ether oxygens (including phenoxy) is 1. The van der Waals surface area contributed by atoms with Gasteiger partial charge >= 0.3 is 5.97 Å². The minimum absolute atomic E-state index is 0.128. The lowest BCUT2D eigenvalue weighted by Gasteiger charge is -2.36. The van der Waals surface area contributed by atoms with Crippen LogP contribution in [0.2, 0.25) is 0 Å². The van der Waals surface area contributed by atoms with E-state index in [0.29, 0.717) is 36.1 Å². The summed E-state index contributed by atoms with van der Waals surface area (Å²) in [6.07, 6.45) is 3.95. The van der Waals surface area contributed by atoms with Crippen LogP contribution in [0.4, 0.5) is 0 Å². The number of carbonyl (C=O) groups excluding carboxylic acids is 2. The van der Waals surface area contributed by atoms with E-state index in [2.05, 4.69) is 13.8 Å². The van der Waals surface area contributed by atoms with E-state index in [1.54, 1.807) is 0 Å². The third kappa shape index (κ3) is 3.49. The molecule has 120 valence electrons. The molecule has 2 rings (SSSR count). The first-order chi connectivity index (χ1) is 9.71. The molecule has 2 aliphatic carbocycles. The highest BCUT2D eigenvalue weighted by Crippen LogP contribution is 2.49. The predicted octanol–water partition coefficient (Wildman–Crippen LogP) is 3.85. The fourth-order valence-corrected chi connectivity index (χ4v) is 4.21. The molecule has 0 aromatic rings. The van der Waals surface area contributed by atoms with Gasteiger partial charge in [-0.05, 0) is 63.7 Å². The van der Waals surface area contributed by atoms with Gasteiger partial charge in [0.15, 0.2) is 0 Å². The van der Waals surface area contributed by atoms with E-state index < -0.39 is 5.41 Å². The van der Waals surface area contributed by atoms with Crippen LogP contribution in [0.3, 0.4) is 0 Å². The monoisotopic (exact) mass is 294 g/mol. The lowest BCUT2D eigenvalue weighted by Crippen LogP contribution is -2.36. The number of hydrogen-bond acceptors (Lipinski definition) is 3. The first-order valence-electron chi connectivity index (χ1n) is 8.41. The zero-order chi connectivity index (χ0) is 15.8. The number of Topliss-reactive ketones (excluding diaryl/α,β-unsaturated/α-hetero) is 1. The van der Waals surface area contributed by atoms with Crippen molar-refractivity contribution in [2.75, 3.05) is 6.61 Å². The van der Waals surface area contributed by atoms with Crippen molar-refractivity contribution in [1.82, 2.24) is 0 Å².